The number of aromatic nitrogens is 1. The molecule has 0 atom stereocenters. The number of ether oxygens (including phenoxy) is 2. The first-order chi connectivity index (χ1) is 12.2. The first-order valence-corrected chi connectivity index (χ1v) is 8.43. The Labute approximate surface area is 147 Å². The molecular formula is C19H23N3O3. The van der Waals surface area contributed by atoms with Gasteiger partial charge in [-0.3, -0.25) is 0 Å². The molecule has 6 nitrogen and oxygen atoms in total. The molecule has 25 heavy (non-hydrogen) atoms. The maximum Gasteiger partial charge on any atom is 0.337 e. The molecule has 0 amide bonds. The number of carbonyl (C=O) groups is 1. The predicted molar refractivity (Wildman–Crippen MR) is 96.9 cm³/mol. The minimum absolute atomic E-state index is 0.352. The Morgan fingerprint density at radius 2 is 2.08 bits per heavy atom. The monoisotopic (exact) mass is 341 g/mol. The summed E-state index contributed by atoms with van der Waals surface area (Å²) in [6.07, 6.45) is 3.78. The molecule has 0 saturated carbocycles. The molecule has 3 rings (SSSR count). The number of piperidine rings is 1. The Hall–Kier alpha value is -2.76. The van der Waals surface area contributed by atoms with Crippen molar-refractivity contribution in [2.75, 3.05) is 37.4 Å². The van der Waals surface area contributed by atoms with E-state index >= 15 is 0 Å². The van der Waals surface area contributed by atoms with Gasteiger partial charge in [0.1, 0.15) is 11.6 Å². The van der Waals surface area contributed by atoms with Gasteiger partial charge in [0.2, 0.25) is 0 Å². The zero-order chi connectivity index (χ0) is 17.6. The second kappa shape index (κ2) is 7.88. The van der Waals surface area contributed by atoms with Crippen LogP contribution in [-0.4, -0.2) is 37.8 Å². The molecule has 0 aliphatic carbocycles. The fraction of sp³-hybridized carbons (Fsp3) is 0.368. The summed E-state index contributed by atoms with van der Waals surface area (Å²) in [7, 11) is 1.37. The average molecular weight is 341 g/mol. The molecule has 1 aromatic heterocycles. The van der Waals surface area contributed by atoms with Crippen LogP contribution in [0.1, 0.15) is 23.2 Å². The number of pyridine rings is 1. The van der Waals surface area contributed by atoms with E-state index in [0.29, 0.717) is 29.5 Å². The minimum Gasteiger partial charge on any atom is -0.493 e. The third-order valence-corrected chi connectivity index (χ3v) is 4.45. The molecule has 2 aromatic rings. The van der Waals surface area contributed by atoms with Gasteiger partial charge < -0.3 is 20.1 Å². The molecule has 1 aliphatic rings. The lowest BCUT2D eigenvalue weighted by Gasteiger charge is -2.32. The van der Waals surface area contributed by atoms with E-state index in [1.807, 2.05) is 18.2 Å². The van der Waals surface area contributed by atoms with Crippen molar-refractivity contribution in [2.24, 2.45) is 5.92 Å². The zero-order valence-electron chi connectivity index (χ0n) is 14.4. The molecule has 0 radical (unpaired) electrons. The van der Waals surface area contributed by atoms with Crippen LogP contribution in [0.15, 0.2) is 42.6 Å². The fourth-order valence-electron chi connectivity index (χ4n) is 2.96. The molecule has 132 valence electrons. The van der Waals surface area contributed by atoms with Gasteiger partial charge in [-0.05, 0) is 49.1 Å². The van der Waals surface area contributed by atoms with Crippen molar-refractivity contribution >= 4 is 17.5 Å². The number of benzene rings is 1. The number of hydrogen-bond donors (Lipinski definition) is 1. The molecule has 1 aliphatic heterocycles. The summed E-state index contributed by atoms with van der Waals surface area (Å²) >= 11 is 0. The van der Waals surface area contributed by atoms with Crippen LogP contribution in [0.2, 0.25) is 0 Å². The molecule has 2 N–H and O–H groups in total. The number of nitrogens with zero attached hydrogens (tertiary/aromatic N) is 2. The van der Waals surface area contributed by atoms with Crippen molar-refractivity contribution in [3.8, 4) is 5.75 Å². The topological polar surface area (TPSA) is 77.7 Å². The molecule has 0 spiro atoms. The summed E-state index contributed by atoms with van der Waals surface area (Å²) in [4.78, 5) is 18.2. The van der Waals surface area contributed by atoms with E-state index in [1.165, 1.54) is 7.11 Å². The normalized spacial score (nSPS) is 15.0. The van der Waals surface area contributed by atoms with E-state index in [2.05, 4.69) is 9.88 Å². The van der Waals surface area contributed by atoms with Crippen LogP contribution in [0.25, 0.3) is 0 Å². The molecule has 1 fully saturated rings. The SMILES string of the molecule is COC(=O)c1cccc(OCC2CCN(c3ccc(N)cn3)CC2)c1. The van der Waals surface area contributed by atoms with Gasteiger partial charge >= 0.3 is 5.97 Å². The largest absolute Gasteiger partial charge is 0.493 e. The summed E-state index contributed by atoms with van der Waals surface area (Å²) in [6, 6.07) is 10.9. The van der Waals surface area contributed by atoms with Gasteiger partial charge in [0.25, 0.3) is 0 Å². The van der Waals surface area contributed by atoms with Crippen LogP contribution >= 0.6 is 0 Å². The summed E-state index contributed by atoms with van der Waals surface area (Å²) in [6.45, 7) is 2.55. The van der Waals surface area contributed by atoms with Gasteiger partial charge in [-0.2, -0.15) is 0 Å². The van der Waals surface area contributed by atoms with Gasteiger partial charge in [0, 0.05) is 13.1 Å². The number of methoxy groups -OCH3 is 1. The summed E-state index contributed by atoms with van der Waals surface area (Å²) in [5.41, 5.74) is 6.87. The van der Waals surface area contributed by atoms with Crippen LogP contribution < -0.4 is 15.4 Å². The van der Waals surface area contributed by atoms with Crippen molar-refractivity contribution < 1.29 is 14.3 Å². The molecular weight excluding hydrogens is 318 g/mol. The van der Waals surface area contributed by atoms with Gasteiger partial charge in [0.15, 0.2) is 0 Å². The second-order valence-electron chi connectivity index (χ2n) is 6.21. The fourth-order valence-corrected chi connectivity index (χ4v) is 2.96. The first kappa shape index (κ1) is 17.1. The first-order valence-electron chi connectivity index (χ1n) is 8.43. The lowest BCUT2D eigenvalue weighted by atomic mass is 9.98. The maximum atomic E-state index is 11.6. The standard InChI is InChI=1S/C19H23N3O3/c1-24-19(23)15-3-2-4-17(11-15)25-13-14-7-9-22(10-8-14)18-6-5-16(20)12-21-18/h2-6,11-12,14H,7-10,13,20H2,1H3. The van der Waals surface area contributed by atoms with E-state index in [0.717, 1.165) is 31.7 Å². The summed E-state index contributed by atoms with van der Waals surface area (Å²) < 4.78 is 10.6. The highest BCUT2D eigenvalue weighted by Gasteiger charge is 2.20. The van der Waals surface area contributed by atoms with E-state index < -0.39 is 0 Å². The molecule has 2 heterocycles. The minimum atomic E-state index is -0.352. The average Bonchev–Trinajstić information content (AvgIpc) is 2.67. The highest BCUT2D eigenvalue weighted by Crippen LogP contribution is 2.23. The number of nitrogens with two attached hydrogens (primary N) is 1. The van der Waals surface area contributed by atoms with E-state index in [9.17, 15) is 4.79 Å². The van der Waals surface area contributed by atoms with Gasteiger partial charge in [0.05, 0.1) is 31.2 Å². The number of hydrogen-bond acceptors (Lipinski definition) is 6. The highest BCUT2D eigenvalue weighted by atomic mass is 16.5. The van der Waals surface area contributed by atoms with E-state index in [-0.39, 0.29) is 5.97 Å². The Balaban J connectivity index is 1.49. The van der Waals surface area contributed by atoms with Crippen molar-refractivity contribution in [1.29, 1.82) is 0 Å². The molecule has 1 aromatic carbocycles. The predicted octanol–water partition coefficient (Wildman–Crippen LogP) is 2.75. The van der Waals surface area contributed by atoms with Crippen LogP contribution in [0.4, 0.5) is 11.5 Å². The van der Waals surface area contributed by atoms with E-state index in [4.69, 9.17) is 15.2 Å². The van der Waals surface area contributed by atoms with Crippen molar-refractivity contribution in [3.63, 3.8) is 0 Å². The van der Waals surface area contributed by atoms with Gasteiger partial charge in [-0.1, -0.05) is 6.07 Å². The van der Waals surface area contributed by atoms with Gasteiger partial charge in [-0.25, -0.2) is 9.78 Å². The number of rotatable bonds is 5. The Morgan fingerprint density at radius 3 is 2.76 bits per heavy atom. The Morgan fingerprint density at radius 1 is 1.28 bits per heavy atom. The van der Waals surface area contributed by atoms with Crippen molar-refractivity contribution in [3.05, 3.63) is 48.2 Å². The molecule has 0 bridgehead atoms. The third kappa shape index (κ3) is 4.41. The van der Waals surface area contributed by atoms with Crippen LogP contribution in [0, 0.1) is 5.92 Å². The number of anilines is 2. The Bertz CT molecular complexity index is 710. The quantitative estimate of drug-likeness (QED) is 0.843. The number of nitrogen functional groups attached to an aromatic ring is 1. The number of esters is 1. The molecule has 1 saturated heterocycles. The molecule has 0 unspecified atom stereocenters. The summed E-state index contributed by atoms with van der Waals surface area (Å²) in [5.74, 6) is 1.81. The highest BCUT2D eigenvalue weighted by molar-refractivity contribution is 5.89. The lowest BCUT2D eigenvalue weighted by molar-refractivity contribution is 0.0600. The van der Waals surface area contributed by atoms with Crippen LogP contribution in [0.3, 0.4) is 0 Å². The summed E-state index contributed by atoms with van der Waals surface area (Å²) in [5, 5.41) is 0. The Kier molecular flexibility index (Phi) is 5.38. The van der Waals surface area contributed by atoms with Crippen LogP contribution in [-0.2, 0) is 4.74 Å². The lowest BCUT2D eigenvalue weighted by Crippen LogP contribution is -2.36. The van der Waals surface area contributed by atoms with Crippen LogP contribution in [0.5, 0.6) is 5.75 Å². The third-order valence-electron chi connectivity index (χ3n) is 4.45. The van der Waals surface area contributed by atoms with Gasteiger partial charge in [-0.15, -0.1) is 0 Å². The smallest absolute Gasteiger partial charge is 0.337 e. The number of carbonyl (C=O) groups excluding carboxylic acids is 1. The van der Waals surface area contributed by atoms with E-state index in [1.54, 1.807) is 24.4 Å². The maximum absolute atomic E-state index is 11.6. The van der Waals surface area contributed by atoms with Crippen molar-refractivity contribution in [2.45, 2.75) is 12.8 Å². The van der Waals surface area contributed by atoms with Crippen molar-refractivity contribution in [1.82, 2.24) is 4.98 Å². The zero-order valence-corrected chi connectivity index (χ0v) is 14.4. The molecule has 6 heteroatoms. The second-order valence-corrected chi connectivity index (χ2v) is 6.21.